The predicted octanol–water partition coefficient (Wildman–Crippen LogP) is 1.36. The van der Waals surface area contributed by atoms with Gasteiger partial charge in [0.25, 0.3) is 11.6 Å². The molecule has 108 valence electrons. The zero-order valence-electron chi connectivity index (χ0n) is 11.2. The molecule has 2 aromatic rings. The van der Waals surface area contributed by atoms with Crippen molar-refractivity contribution in [3.8, 4) is 0 Å². The first-order valence-electron chi connectivity index (χ1n) is 6.11. The molecule has 0 radical (unpaired) electrons. The Morgan fingerprint density at radius 3 is 2.81 bits per heavy atom. The molecule has 1 aromatic carbocycles. The summed E-state index contributed by atoms with van der Waals surface area (Å²) in [5, 5.41) is 16.4. The highest BCUT2D eigenvalue weighted by Crippen LogP contribution is 2.22. The lowest BCUT2D eigenvalue weighted by Gasteiger charge is -2.07. The van der Waals surface area contributed by atoms with Crippen LogP contribution in [0.3, 0.4) is 0 Å². The number of aromatic nitrogens is 2. The molecule has 0 aliphatic carbocycles. The number of nitro groups is 1. The summed E-state index contributed by atoms with van der Waals surface area (Å²) in [6.45, 7) is 0.169. The van der Waals surface area contributed by atoms with Crippen molar-refractivity contribution in [2.24, 2.45) is 0 Å². The first-order chi connectivity index (χ1) is 10.1. The average molecular weight is 287 g/mol. The molecule has 8 nitrogen and oxygen atoms in total. The third-order valence-electron chi connectivity index (χ3n) is 2.80. The second-order valence-electron chi connectivity index (χ2n) is 4.12. The van der Waals surface area contributed by atoms with Gasteiger partial charge in [-0.3, -0.25) is 14.9 Å². The van der Waals surface area contributed by atoms with Crippen LogP contribution in [0.25, 0.3) is 0 Å². The molecule has 0 saturated carbocycles. The number of anilines is 1. The van der Waals surface area contributed by atoms with Crippen LogP contribution in [-0.2, 0) is 6.54 Å². The largest absolute Gasteiger partial charge is 0.388 e. The Kier molecular flexibility index (Phi) is 4.39. The van der Waals surface area contributed by atoms with Gasteiger partial charge in [0.15, 0.2) is 0 Å². The minimum Gasteiger partial charge on any atom is -0.388 e. The van der Waals surface area contributed by atoms with Gasteiger partial charge >= 0.3 is 0 Å². The summed E-state index contributed by atoms with van der Waals surface area (Å²) < 4.78 is 0. The van der Waals surface area contributed by atoms with Crippen molar-refractivity contribution in [1.82, 2.24) is 15.3 Å². The highest BCUT2D eigenvalue weighted by Gasteiger charge is 2.20. The lowest BCUT2D eigenvalue weighted by atomic mass is 10.1. The minimum atomic E-state index is -0.584. The Balaban J connectivity index is 2.19. The van der Waals surface area contributed by atoms with Crippen molar-refractivity contribution in [3.63, 3.8) is 0 Å². The van der Waals surface area contributed by atoms with Gasteiger partial charge in [-0.25, -0.2) is 9.97 Å². The molecule has 0 unspecified atom stereocenters. The quantitative estimate of drug-likeness (QED) is 0.634. The van der Waals surface area contributed by atoms with Gasteiger partial charge in [0, 0.05) is 25.0 Å². The number of hydrogen-bond acceptors (Lipinski definition) is 6. The van der Waals surface area contributed by atoms with E-state index in [-0.39, 0.29) is 17.8 Å². The normalized spacial score (nSPS) is 9.95. The van der Waals surface area contributed by atoms with E-state index in [9.17, 15) is 14.9 Å². The molecular weight excluding hydrogens is 274 g/mol. The van der Waals surface area contributed by atoms with Crippen LogP contribution in [0, 0.1) is 10.1 Å². The van der Waals surface area contributed by atoms with Crippen LogP contribution in [0.5, 0.6) is 0 Å². The lowest BCUT2D eigenvalue weighted by molar-refractivity contribution is -0.385. The SMILES string of the molecule is CNc1ccc([N+](=O)[O-])c(C(=O)NCc2ccncn2)c1. The van der Waals surface area contributed by atoms with Crippen LogP contribution in [0.1, 0.15) is 16.1 Å². The summed E-state index contributed by atoms with van der Waals surface area (Å²) in [6.07, 6.45) is 2.92. The molecule has 0 fully saturated rings. The molecule has 2 N–H and O–H groups in total. The van der Waals surface area contributed by atoms with E-state index in [1.54, 1.807) is 25.4 Å². The Hall–Kier alpha value is -3.03. The number of nitrogens with zero attached hydrogens (tertiary/aromatic N) is 3. The summed E-state index contributed by atoms with van der Waals surface area (Å²) in [6, 6.07) is 5.93. The minimum absolute atomic E-state index is 0.000839. The number of carbonyl (C=O) groups excluding carboxylic acids is 1. The monoisotopic (exact) mass is 287 g/mol. The van der Waals surface area contributed by atoms with Crippen molar-refractivity contribution < 1.29 is 9.72 Å². The van der Waals surface area contributed by atoms with Crippen molar-refractivity contribution >= 4 is 17.3 Å². The van der Waals surface area contributed by atoms with E-state index in [1.165, 1.54) is 18.5 Å². The molecule has 1 aromatic heterocycles. The molecule has 21 heavy (non-hydrogen) atoms. The smallest absolute Gasteiger partial charge is 0.282 e. The van der Waals surface area contributed by atoms with Crippen LogP contribution >= 0.6 is 0 Å². The van der Waals surface area contributed by atoms with Crippen LogP contribution in [0.15, 0.2) is 36.8 Å². The van der Waals surface area contributed by atoms with E-state index in [0.717, 1.165) is 0 Å². The topological polar surface area (TPSA) is 110 Å². The fraction of sp³-hybridized carbons (Fsp3) is 0.154. The maximum absolute atomic E-state index is 12.1. The third kappa shape index (κ3) is 3.50. The average Bonchev–Trinajstić information content (AvgIpc) is 2.52. The summed E-state index contributed by atoms with van der Waals surface area (Å²) in [7, 11) is 1.67. The third-order valence-corrected chi connectivity index (χ3v) is 2.80. The molecule has 8 heteroatoms. The first kappa shape index (κ1) is 14.4. The second-order valence-corrected chi connectivity index (χ2v) is 4.12. The van der Waals surface area contributed by atoms with E-state index >= 15 is 0 Å². The number of carbonyl (C=O) groups is 1. The first-order valence-corrected chi connectivity index (χ1v) is 6.11. The molecule has 0 bridgehead atoms. The molecule has 2 rings (SSSR count). The molecule has 0 saturated heterocycles. The van der Waals surface area contributed by atoms with Gasteiger partial charge in [0.1, 0.15) is 11.9 Å². The molecule has 1 amide bonds. The maximum atomic E-state index is 12.1. The Labute approximate surface area is 120 Å². The molecule has 0 atom stereocenters. The van der Waals surface area contributed by atoms with Crippen LogP contribution in [0.2, 0.25) is 0 Å². The maximum Gasteiger partial charge on any atom is 0.282 e. The van der Waals surface area contributed by atoms with Gasteiger partial charge in [-0.1, -0.05) is 0 Å². The van der Waals surface area contributed by atoms with E-state index < -0.39 is 10.8 Å². The number of rotatable bonds is 5. The van der Waals surface area contributed by atoms with E-state index in [1.807, 2.05) is 0 Å². The summed E-state index contributed by atoms with van der Waals surface area (Å²) >= 11 is 0. The molecule has 1 heterocycles. The molecule has 0 aliphatic rings. The zero-order chi connectivity index (χ0) is 15.2. The fourth-order valence-corrected chi connectivity index (χ4v) is 1.72. The second kappa shape index (κ2) is 6.42. The lowest BCUT2D eigenvalue weighted by Crippen LogP contribution is -2.24. The van der Waals surface area contributed by atoms with Crippen molar-refractivity contribution in [1.29, 1.82) is 0 Å². The summed E-state index contributed by atoms with van der Waals surface area (Å²) in [5.74, 6) is -0.530. The zero-order valence-corrected chi connectivity index (χ0v) is 11.2. The standard InChI is InChI=1S/C13H13N5O3/c1-14-9-2-3-12(18(20)21)11(6-9)13(19)16-7-10-4-5-15-8-17-10/h2-6,8,14H,7H2,1H3,(H,16,19). The fourth-order valence-electron chi connectivity index (χ4n) is 1.72. The van der Waals surface area contributed by atoms with Crippen molar-refractivity contribution in [2.75, 3.05) is 12.4 Å². The number of amides is 1. The number of nitro benzene ring substituents is 1. The highest BCUT2D eigenvalue weighted by molar-refractivity contribution is 5.99. The van der Waals surface area contributed by atoms with Gasteiger partial charge in [0.05, 0.1) is 17.2 Å². The van der Waals surface area contributed by atoms with Crippen molar-refractivity contribution in [3.05, 3.63) is 58.2 Å². The Bertz CT molecular complexity index is 660. The Morgan fingerprint density at radius 2 is 2.19 bits per heavy atom. The molecule has 0 spiro atoms. The summed E-state index contributed by atoms with van der Waals surface area (Å²) in [5.41, 5.74) is 0.994. The molecular formula is C13H13N5O3. The van der Waals surface area contributed by atoms with Gasteiger partial charge in [-0.2, -0.15) is 0 Å². The van der Waals surface area contributed by atoms with Crippen molar-refractivity contribution in [2.45, 2.75) is 6.54 Å². The number of benzene rings is 1. The van der Waals surface area contributed by atoms with Crippen LogP contribution < -0.4 is 10.6 Å². The van der Waals surface area contributed by atoms with Gasteiger partial charge < -0.3 is 10.6 Å². The predicted molar refractivity (Wildman–Crippen MR) is 75.8 cm³/mol. The van der Waals surface area contributed by atoms with E-state index in [2.05, 4.69) is 20.6 Å². The number of hydrogen-bond donors (Lipinski definition) is 2. The van der Waals surface area contributed by atoms with Gasteiger partial charge in [-0.05, 0) is 18.2 Å². The van der Waals surface area contributed by atoms with Crippen LogP contribution in [-0.4, -0.2) is 27.8 Å². The Morgan fingerprint density at radius 1 is 1.38 bits per heavy atom. The van der Waals surface area contributed by atoms with E-state index in [0.29, 0.717) is 11.4 Å². The molecule has 0 aliphatic heterocycles. The number of nitrogens with one attached hydrogen (secondary N) is 2. The van der Waals surface area contributed by atoms with E-state index in [4.69, 9.17) is 0 Å². The van der Waals surface area contributed by atoms with Crippen LogP contribution in [0.4, 0.5) is 11.4 Å². The van der Waals surface area contributed by atoms with Gasteiger partial charge in [-0.15, -0.1) is 0 Å². The highest BCUT2D eigenvalue weighted by atomic mass is 16.6. The van der Waals surface area contributed by atoms with Gasteiger partial charge in [0.2, 0.25) is 0 Å². The summed E-state index contributed by atoms with van der Waals surface area (Å²) in [4.78, 5) is 30.3.